The molecule has 0 saturated heterocycles. The molecular weight excluding hydrogens is 199 g/mol. The predicted octanol–water partition coefficient (Wildman–Crippen LogP) is 1.85. The second-order valence-corrected chi connectivity index (χ2v) is 2.44. The Labute approximate surface area is 65.4 Å². The number of hydrogen-bond donors (Lipinski definition) is 0. The molecule has 2 nitrogen and oxygen atoms in total. The number of pyridine rings is 1. The first kappa shape index (κ1) is 7.16. The summed E-state index contributed by atoms with van der Waals surface area (Å²) in [6.45, 7) is 0. The van der Waals surface area contributed by atoms with E-state index in [1.54, 1.807) is 6.07 Å². The van der Waals surface area contributed by atoms with Gasteiger partial charge in [0.2, 0.25) is 5.95 Å². The first-order valence-corrected chi connectivity index (χ1v) is 3.25. The van der Waals surface area contributed by atoms with E-state index in [1.165, 1.54) is 12.1 Å². The average Bonchev–Trinajstić information content (AvgIpc) is 1.95. The molecule has 50 valence electrons. The third-order valence-electron chi connectivity index (χ3n) is 0.918. The molecule has 0 N–H and O–H groups in total. The van der Waals surface area contributed by atoms with Gasteiger partial charge in [0.15, 0.2) is 0 Å². The highest BCUT2D eigenvalue weighted by atomic mass is 79.9. The van der Waals surface area contributed by atoms with Crippen LogP contribution in [0, 0.1) is 17.3 Å². The van der Waals surface area contributed by atoms with Crippen molar-refractivity contribution in [1.29, 1.82) is 5.26 Å². The highest BCUT2D eigenvalue weighted by Gasteiger charge is 1.99. The van der Waals surface area contributed by atoms with Crippen LogP contribution in [0.5, 0.6) is 0 Å². The van der Waals surface area contributed by atoms with Crippen LogP contribution in [0.25, 0.3) is 0 Å². The Balaban J connectivity index is 3.20. The summed E-state index contributed by atoms with van der Waals surface area (Å²) in [5.74, 6) is -0.654. The Bertz CT molecular complexity index is 292. The van der Waals surface area contributed by atoms with Crippen LogP contribution in [0.1, 0.15) is 5.69 Å². The maximum atomic E-state index is 12.5. The predicted molar refractivity (Wildman–Crippen MR) is 36.6 cm³/mol. The summed E-state index contributed by atoms with van der Waals surface area (Å²) in [4.78, 5) is 3.32. The van der Waals surface area contributed by atoms with Crippen LogP contribution in [0.4, 0.5) is 4.39 Å². The fourth-order valence-corrected chi connectivity index (χ4v) is 0.700. The van der Waals surface area contributed by atoms with E-state index >= 15 is 0 Å². The maximum Gasteiger partial charge on any atom is 0.228 e. The molecule has 0 fully saturated rings. The molecule has 4 heteroatoms. The smallest absolute Gasteiger partial charge is 0.208 e. The Morgan fingerprint density at radius 2 is 2.30 bits per heavy atom. The molecule has 0 spiro atoms. The minimum atomic E-state index is -0.654. The number of hydrogen-bond acceptors (Lipinski definition) is 2. The van der Waals surface area contributed by atoms with Gasteiger partial charge >= 0.3 is 0 Å². The van der Waals surface area contributed by atoms with E-state index in [2.05, 4.69) is 20.9 Å². The lowest BCUT2D eigenvalue weighted by atomic mass is 10.4. The topological polar surface area (TPSA) is 36.7 Å². The first-order valence-electron chi connectivity index (χ1n) is 2.46. The third-order valence-corrected chi connectivity index (χ3v) is 1.51. The van der Waals surface area contributed by atoms with Crippen molar-refractivity contribution >= 4 is 15.9 Å². The summed E-state index contributed by atoms with van der Waals surface area (Å²) in [6.07, 6.45) is 0. The van der Waals surface area contributed by atoms with Crippen molar-refractivity contribution in [2.24, 2.45) is 0 Å². The molecule has 1 aromatic heterocycles. The van der Waals surface area contributed by atoms with E-state index in [9.17, 15) is 4.39 Å². The van der Waals surface area contributed by atoms with Crippen LogP contribution < -0.4 is 0 Å². The van der Waals surface area contributed by atoms with Crippen molar-refractivity contribution in [2.75, 3.05) is 0 Å². The molecule has 0 aliphatic carbocycles. The highest BCUT2D eigenvalue weighted by molar-refractivity contribution is 9.10. The highest BCUT2D eigenvalue weighted by Crippen LogP contribution is 2.12. The van der Waals surface area contributed by atoms with Gasteiger partial charge in [-0.1, -0.05) is 0 Å². The standard InChI is InChI=1S/C6H2BrFN2/c7-5-2-1-4(3-9)10-6(5)8/h1-2H. The monoisotopic (exact) mass is 200 g/mol. The lowest BCUT2D eigenvalue weighted by Gasteiger charge is -1.90. The SMILES string of the molecule is N#Cc1ccc(Br)c(F)n1. The van der Waals surface area contributed by atoms with Gasteiger partial charge in [-0.2, -0.15) is 9.65 Å². The summed E-state index contributed by atoms with van der Waals surface area (Å²) in [6, 6.07) is 4.61. The number of aromatic nitrogens is 1. The van der Waals surface area contributed by atoms with Gasteiger partial charge < -0.3 is 0 Å². The van der Waals surface area contributed by atoms with E-state index in [0.29, 0.717) is 0 Å². The van der Waals surface area contributed by atoms with Gasteiger partial charge in [0.25, 0.3) is 0 Å². The third kappa shape index (κ3) is 1.31. The minimum absolute atomic E-state index is 0.0840. The first-order chi connectivity index (χ1) is 4.74. The summed E-state index contributed by atoms with van der Waals surface area (Å²) >= 11 is 2.91. The quantitative estimate of drug-likeness (QED) is 0.600. The molecule has 10 heavy (non-hydrogen) atoms. The van der Waals surface area contributed by atoms with Gasteiger partial charge in [-0.25, -0.2) is 4.98 Å². The van der Waals surface area contributed by atoms with Gasteiger partial charge in [0.05, 0.1) is 4.47 Å². The fourth-order valence-electron chi connectivity index (χ4n) is 0.480. The number of halogens is 2. The van der Waals surface area contributed by atoms with Gasteiger partial charge in [-0.15, -0.1) is 0 Å². The molecular formula is C6H2BrFN2. The van der Waals surface area contributed by atoms with Crippen LogP contribution in [0.2, 0.25) is 0 Å². The molecule has 0 amide bonds. The number of nitriles is 1. The van der Waals surface area contributed by atoms with Gasteiger partial charge in [0, 0.05) is 0 Å². The molecule has 0 atom stereocenters. The minimum Gasteiger partial charge on any atom is -0.208 e. The van der Waals surface area contributed by atoms with Crippen LogP contribution >= 0.6 is 15.9 Å². The Morgan fingerprint density at radius 3 is 2.80 bits per heavy atom. The summed E-state index contributed by atoms with van der Waals surface area (Å²) in [5.41, 5.74) is 0.0840. The summed E-state index contributed by atoms with van der Waals surface area (Å²) in [7, 11) is 0. The van der Waals surface area contributed by atoms with Crippen molar-refractivity contribution in [3.05, 3.63) is 28.2 Å². The average molecular weight is 201 g/mol. The normalized spacial score (nSPS) is 8.90. The second-order valence-electron chi connectivity index (χ2n) is 1.58. The zero-order valence-electron chi connectivity index (χ0n) is 4.81. The van der Waals surface area contributed by atoms with E-state index in [-0.39, 0.29) is 10.2 Å². The molecule has 0 radical (unpaired) electrons. The van der Waals surface area contributed by atoms with Crippen LogP contribution in [0.3, 0.4) is 0 Å². The molecule has 1 aromatic rings. The Kier molecular flexibility index (Phi) is 1.97. The number of rotatable bonds is 0. The molecule has 0 saturated carbocycles. The van der Waals surface area contributed by atoms with Crippen molar-refractivity contribution in [3.8, 4) is 6.07 Å². The fraction of sp³-hybridized carbons (Fsp3) is 0. The molecule has 0 aliphatic rings. The zero-order chi connectivity index (χ0) is 7.56. The number of nitrogens with zero attached hydrogens (tertiary/aromatic N) is 2. The maximum absolute atomic E-state index is 12.5. The zero-order valence-corrected chi connectivity index (χ0v) is 6.39. The van der Waals surface area contributed by atoms with Gasteiger partial charge in [-0.05, 0) is 28.1 Å². The van der Waals surface area contributed by atoms with Crippen LogP contribution in [-0.2, 0) is 0 Å². The van der Waals surface area contributed by atoms with Crippen LogP contribution in [0.15, 0.2) is 16.6 Å². The van der Waals surface area contributed by atoms with Gasteiger partial charge in [-0.3, -0.25) is 0 Å². The van der Waals surface area contributed by atoms with Gasteiger partial charge in [0.1, 0.15) is 11.8 Å². The molecule has 0 bridgehead atoms. The summed E-state index contributed by atoms with van der Waals surface area (Å²) < 4.78 is 12.7. The van der Waals surface area contributed by atoms with E-state index in [4.69, 9.17) is 5.26 Å². The Hall–Kier alpha value is -0.950. The van der Waals surface area contributed by atoms with E-state index < -0.39 is 5.95 Å². The van der Waals surface area contributed by atoms with Crippen molar-refractivity contribution in [1.82, 2.24) is 4.98 Å². The van der Waals surface area contributed by atoms with E-state index in [1.807, 2.05) is 0 Å². The lowest BCUT2D eigenvalue weighted by molar-refractivity contribution is 0.575. The molecule has 0 aliphatic heterocycles. The molecule has 0 aromatic carbocycles. The molecule has 0 unspecified atom stereocenters. The van der Waals surface area contributed by atoms with Crippen molar-refractivity contribution in [3.63, 3.8) is 0 Å². The summed E-state index contributed by atoms with van der Waals surface area (Å²) in [5, 5.41) is 8.26. The second kappa shape index (κ2) is 2.76. The molecule has 1 heterocycles. The van der Waals surface area contributed by atoms with Crippen LogP contribution in [-0.4, -0.2) is 4.98 Å². The Morgan fingerprint density at radius 1 is 1.60 bits per heavy atom. The van der Waals surface area contributed by atoms with Crippen molar-refractivity contribution in [2.45, 2.75) is 0 Å². The van der Waals surface area contributed by atoms with Crippen molar-refractivity contribution < 1.29 is 4.39 Å². The van der Waals surface area contributed by atoms with E-state index in [0.717, 1.165) is 0 Å². The molecule has 1 rings (SSSR count). The lowest BCUT2D eigenvalue weighted by Crippen LogP contribution is -1.87. The largest absolute Gasteiger partial charge is 0.228 e.